The van der Waals surface area contributed by atoms with Gasteiger partial charge in [-0.25, -0.2) is 12.7 Å². The zero-order valence-corrected chi connectivity index (χ0v) is 14.1. The van der Waals surface area contributed by atoms with Crippen molar-refractivity contribution in [3.63, 3.8) is 0 Å². The fraction of sp³-hybridized carbons (Fsp3) is 0.545. The highest BCUT2D eigenvalue weighted by molar-refractivity contribution is 9.11. The van der Waals surface area contributed by atoms with Gasteiger partial charge in [0.2, 0.25) is 10.0 Å². The van der Waals surface area contributed by atoms with Crippen LogP contribution in [0.15, 0.2) is 15.9 Å². The first kappa shape index (κ1) is 16.6. The van der Waals surface area contributed by atoms with Crippen molar-refractivity contribution >= 4 is 43.2 Å². The van der Waals surface area contributed by atoms with E-state index in [1.54, 1.807) is 20.0 Å². The summed E-state index contributed by atoms with van der Waals surface area (Å²) in [4.78, 5) is 12.3. The van der Waals surface area contributed by atoms with E-state index in [4.69, 9.17) is 0 Å². The SMILES string of the molecule is CCS(=O)(=O)N(C)CCCNC(=O)c1ccc(Br)s1. The quantitative estimate of drug-likeness (QED) is 0.747. The van der Waals surface area contributed by atoms with Crippen LogP contribution in [0, 0.1) is 0 Å². The average molecular weight is 369 g/mol. The van der Waals surface area contributed by atoms with E-state index in [1.165, 1.54) is 15.6 Å². The number of thiophene rings is 1. The van der Waals surface area contributed by atoms with Crippen molar-refractivity contribution in [3.8, 4) is 0 Å². The lowest BCUT2D eigenvalue weighted by atomic mass is 10.4. The summed E-state index contributed by atoms with van der Waals surface area (Å²) < 4.78 is 25.2. The second-order valence-corrected chi connectivity index (χ2v) is 8.76. The monoisotopic (exact) mass is 368 g/mol. The Bertz CT molecular complexity index is 528. The zero-order valence-electron chi connectivity index (χ0n) is 10.8. The van der Waals surface area contributed by atoms with Crippen molar-refractivity contribution in [2.75, 3.05) is 25.9 Å². The van der Waals surface area contributed by atoms with E-state index < -0.39 is 10.0 Å². The predicted octanol–water partition coefficient (Wildman–Crippen LogP) is 1.91. The summed E-state index contributed by atoms with van der Waals surface area (Å²) in [5, 5.41) is 2.77. The van der Waals surface area contributed by atoms with Gasteiger partial charge in [-0.1, -0.05) is 0 Å². The number of hydrogen-bond donors (Lipinski definition) is 1. The molecule has 0 fully saturated rings. The maximum Gasteiger partial charge on any atom is 0.261 e. The van der Waals surface area contributed by atoms with Crippen molar-refractivity contribution < 1.29 is 13.2 Å². The summed E-state index contributed by atoms with van der Waals surface area (Å²) in [6.07, 6.45) is 0.591. The van der Waals surface area contributed by atoms with Gasteiger partial charge in [-0.2, -0.15) is 0 Å². The second-order valence-electron chi connectivity index (χ2n) is 3.94. The van der Waals surface area contributed by atoms with Crippen LogP contribution in [-0.2, 0) is 10.0 Å². The molecule has 1 amide bonds. The first-order chi connectivity index (χ1) is 8.86. The van der Waals surface area contributed by atoms with E-state index in [9.17, 15) is 13.2 Å². The zero-order chi connectivity index (χ0) is 14.5. The van der Waals surface area contributed by atoms with E-state index in [0.717, 1.165) is 3.79 Å². The number of halogens is 1. The van der Waals surface area contributed by atoms with Crippen LogP contribution in [0.25, 0.3) is 0 Å². The van der Waals surface area contributed by atoms with E-state index in [0.29, 0.717) is 24.4 Å². The molecule has 0 aliphatic heterocycles. The first-order valence-corrected chi connectivity index (χ1v) is 9.06. The third kappa shape index (κ3) is 5.21. The van der Waals surface area contributed by atoms with Crippen LogP contribution in [0.1, 0.15) is 23.0 Å². The molecule has 0 atom stereocenters. The van der Waals surface area contributed by atoms with Gasteiger partial charge < -0.3 is 5.32 Å². The maximum atomic E-state index is 11.7. The molecule has 0 unspecified atom stereocenters. The largest absolute Gasteiger partial charge is 0.351 e. The fourth-order valence-corrected chi connectivity index (χ4v) is 3.54. The molecule has 8 heteroatoms. The van der Waals surface area contributed by atoms with Gasteiger partial charge >= 0.3 is 0 Å². The van der Waals surface area contributed by atoms with Crippen molar-refractivity contribution in [2.45, 2.75) is 13.3 Å². The molecule has 1 aromatic heterocycles. The summed E-state index contributed by atoms with van der Waals surface area (Å²) in [6, 6.07) is 3.57. The smallest absolute Gasteiger partial charge is 0.261 e. The minimum absolute atomic E-state index is 0.0963. The Balaban J connectivity index is 2.30. The molecule has 0 aromatic carbocycles. The number of sulfonamides is 1. The highest BCUT2D eigenvalue weighted by Crippen LogP contribution is 2.21. The summed E-state index contributed by atoms with van der Waals surface area (Å²) in [7, 11) is -1.58. The molecule has 0 aliphatic rings. The third-order valence-electron chi connectivity index (χ3n) is 2.57. The van der Waals surface area contributed by atoms with Crippen LogP contribution in [0.2, 0.25) is 0 Å². The lowest BCUT2D eigenvalue weighted by Crippen LogP contribution is -2.32. The summed E-state index contributed by atoms with van der Waals surface area (Å²) >= 11 is 4.66. The molecular weight excluding hydrogens is 352 g/mol. The molecule has 1 rings (SSSR count). The molecule has 0 aliphatic carbocycles. The Morgan fingerprint density at radius 3 is 2.68 bits per heavy atom. The maximum absolute atomic E-state index is 11.7. The molecule has 0 spiro atoms. The van der Waals surface area contributed by atoms with Gasteiger partial charge in [-0.05, 0) is 41.4 Å². The molecule has 0 radical (unpaired) electrons. The average Bonchev–Trinajstić information content (AvgIpc) is 2.80. The summed E-state index contributed by atoms with van der Waals surface area (Å²) in [6.45, 7) is 2.48. The van der Waals surface area contributed by atoms with Gasteiger partial charge in [0, 0.05) is 20.1 Å². The van der Waals surface area contributed by atoms with E-state index in [1.807, 2.05) is 6.07 Å². The number of nitrogens with one attached hydrogen (secondary N) is 1. The molecule has 5 nitrogen and oxygen atoms in total. The van der Waals surface area contributed by atoms with Gasteiger partial charge in [0.05, 0.1) is 14.4 Å². The number of amides is 1. The first-order valence-electron chi connectivity index (χ1n) is 5.84. The van der Waals surface area contributed by atoms with Crippen molar-refractivity contribution in [2.24, 2.45) is 0 Å². The number of carbonyl (C=O) groups excluding carboxylic acids is 1. The molecule has 1 aromatic rings. The highest BCUT2D eigenvalue weighted by Gasteiger charge is 2.14. The van der Waals surface area contributed by atoms with Gasteiger partial charge in [0.25, 0.3) is 5.91 Å². The molecule has 0 saturated heterocycles. The minimum atomic E-state index is -3.13. The molecule has 1 heterocycles. The van der Waals surface area contributed by atoms with E-state index in [2.05, 4.69) is 21.2 Å². The van der Waals surface area contributed by atoms with Crippen LogP contribution in [0.3, 0.4) is 0 Å². The normalized spacial score (nSPS) is 11.8. The lowest BCUT2D eigenvalue weighted by Gasteiger charge is -2.15. The number of carbonyl (C=O) groups is 1. The highest BCUT2D eigenvalue weighted by atomic mass is 79.9. The van der Waals surface area contributed by atoms with Gasteiger partial charge in [-0.15, -0.1) is 11.3 Å². The Morgan fingerprint density at radius 1 is 1.47 bits per heavy atom. The number of hydrogen-bond acceptors (Lipinski definition) is 4. The van der Waals surface area contributed by atoms with E-state index >= 15 is 0 Å². The predicted molar refractivity (Wildman–Crippen MR) is 81.1 cm³/mol. The van der Waals surface area contributed by atoms with Crippen LogP contribution < -0.4 is 5.32 Å². The number of nitrogens with zero attached hydrogens (tertiary/aromatic N) is 1. The topological polar surface area (TPSA) is 66.5 Å². The van der Waals surface area contributed by atoms with Crippen molar-refractivity contribution in [3.05, 3.63) is 20.8 Å². The van der Waals surface area contributed by atoms with Gasteiger partial charge in [0.15, 0.2) is 0 Å². The molecular formula is C11H17BrN2O3S2. The fourth-order valence-electron chi connectivity index (χ4n) is 1.39. The molecule has 0 saturated carbocycles. The molecule has 108 valence electrons. The second kappa shape index (κ2) is 7.37. The van der Waals surface area contributed by atoms with Gasteiger partial charge in [-0.3, -0.25) is 4.79 Å². The van der Waals surface area contributed by atoms with Crippen LogP contribution in [0.5, 0.6) is 0 Å². The Hall–Kier alpha value is -0.440. The minimum Gasteiger partial charge on any atom is -0.351 e. The molecule has 1 N–H and O–H groups in total. The number of rotatable bonds is 7. The Morgan fingerprint density at radius 2 is 2.16 bits per heavy atom. The summed E-state index contributed by atoms with van der Waals surface area (Å²) in [5.74, 6) is -0.0317. The molecule has 0 bridgehead atoms. The van der Waals surface area contributed by atoms with Gasteiger partial charge in [0.1, 0.15) is 0 Å². The van der Waals surface area contributed by atoms with E-state index in [-0.39, 0.29) is 11.7 Å². The molecule has 19 heavy (non-hydrogen) atoms. The Labute approximate surface area is 126 Å². The van der Waals surface area contributed by atoms with Crippen molar-refractivity contribution in [1.29, 1.82) is 0 Å². The van der Waals surface area contributed by atoms with Crippen LogP contribution in [-0.4, -0.2) is 44.5 Å². The van der Waals surface area contributed by atoms with Crippen LogP contribution in [0.4, 0.5) is 0 Å². The Kier molecular flexibility index (Phi) is 6.45. The lowest BCUT2D eigenvalue weighted by molar-refractivity contribution is 0.0957. The summed E-state index contributed by atoms with van der Waals surface area (Å²) in [5.41, 5.74) is 0. The standard InChI is InChI=1S/C11H17BrN2O3S2/c1-3-19(16,17)14(2)8-4-7-13-11(15)9-5-6-10(12)18-9/h5-6H,3-4,7-8H2,1-2H3,(H,13,15). The van der Waals surface area contributed by atoms with Crippen molar-refractivity contribution in [1.82, 2.24) is 9.62 Å². The van der Waals surface area contributed by atoms with Crippen LogP contribution >= 0.6 is 27.3 Å². The third-order valence-corrected chi connectivity index (χ3v) is 6.06.